The second-order valence-electron chi connectivity index (χ2n) is 4.01. The van der Waals surface area contributed by atoms with Crippen molar-refractivity contribution >= 4 is 5.78 Å². The van der Waals surface area contributed by atoms with Gasteiger partial charge in [-0.05, 0) is 36.8 Å². The number of hydrogen-bond donors (Lipinski definition) is 0. The lowest BCUT2D eigenvalue weighted by Gasteiger charge is -2.03. The van der Waals surface area contributed by atoms with Crippen molar-refractivity contribution in [3.8, 4) is 0 Å². The van der Waals surface area contributed by atoms with Gasteiger partial charge >= 0.3 is 0 Å². The average molecular weight is 174 g/mol. The van der Waals surface area contributed by atoms with Gasteiger partial charge in [0.1, 0.15) is 0 Å². The van der Waals surface area contributed by atoms with Gasteiger partial charge in [-0.25, -0.2) is 0 Å². The van der Waals surface area contributed by atoms with Crippen LogP contribution in [0.3, 0.4) is 0 Å². The Hall–Kier alpha value is -1.11. The van der Waals surface area contributed by atoms with Gasteiger partial charge in [-0.1, -0.05) is 25.1 Å². The molecule has 1 aromatic carbocycles. The van der Waals surface area contributed by atoms with E-state index in [1.165, 1.54) is 11.1 Å². The summed E-state index contributed by atoms with van der Waals surface area (Å²) in [6.07, 6.45) is 2.21. The van der Waals surface area contributed by atoms with Crippen molar-refractivity contribution in [1.29, 1.82) is 0 Å². The lowest BCUT2D eigenvalue weighted by Crippen LogP contribution is -1.99. The molecule has 68 valence electrons. The number of fused-ring (bicyclic) bond motifs is 1. The molecule has 0 bridgehead atoms. The van der Waals surface area contributed by atoms with Gasteiger partial charge in [-0.3, -0.25) is 4.79 Å². The predicted octanol–water partition coefficient (Wildman–Crippen LogP) is 2.62. The Kier molecular flexibility index (Phi) is 1.95. The second kappa shape index (κ2) is 2.99. The van der Waals surface area contributed by atoms with Gasteiger partial charge in [0, 0.05) is 5.56 Å². The van der Waals surface area contributed by atoms with Crippen LogP contribution in [0.15, 0.2) is 18.2 Å². The average Bonchev–Trinajstić information content (AvgIpc) is 2.43. The van der Waals surface area contributed by atoms with Crippen molar-refractivity contribution in [2.45, 2.75) is 26.7 Å². The third-order valence-electron chi connectivity index (χ3n) is 2.77. The first kappa shape index (κ1) is 8.49. The van der Waals surface area contributed by atoms with Crippen LogP contribution in [-0.2, 0) is 12.8 Å². The minimum atomic E-state index is 0.200. The molecule has 1 aliphatic rings. The molecule has 2 rings (SSSR count). The minimum Gasteiger partial charge on any atom is -0.295 e. The Bertz CT molecular complexity index is 352. The van der Waals surface area contributed by atoms with Crippen molar-refractivity contribution in [1.82, 2.24) is 0 Å². The van der Waals surface area contributed by atoms with Gasteiger partial charge in [0.25, 0.3) is 0 Å². The molecule has 1 atom stereocenters. The van der Waals surface area contributed by atoms with E-state index in [0.29, 0.717) is 5.92 Å². The first-order valence-corrected chi connectivity index (χ1v) is 4.80. The summed E-state index contributed by atoms with van der Waals surface area (Å²) >= 11 is 0. The molecule has 0 N–H and O–H groups in total. The quantitative estimate of drug-likeness (QED) is 0.598. The van der Waals surface area contributed by atoms with Gasteiger partial charge in [0.05, 0.1) is 0 Å². The van der Waals surface area contributed by atoms with Crippen LogP contribution < -0.4 is 0 Å². The molecule has 1 aliphatic carbocycles. The van der Waals surface area contributed by atoms with Gasteiger partial charge in [-0.2, -0.15) is 0 Å². The Morgan fingerprint density at radius 2 is 2.15 bits per heavy atom. The molecule has 0 aromatic heterocycles. The molecule has 1 aromatic rings. The molecule has 0 radical (unpaired) electrons. The first-order valence-electron chi connectivity index (χ1n) is 4.80. The molecule has 1 heteroatoms. The zero-order valence-corrected chi connectivity index (χ0v) is 8.13. The summed E-state index contributed by atoms with van der Waals surface area (Å²) in [6.45, 7) is 3.89. The Balaban J connectivity index is 2.51. The Labute approximate surface area is 78.8 Å². The predicted molar refractivity (Wildman–Crippen MR) is 53.0 cm³/mol. The maximum atomic E-state index is 11.3. The third-order valence-corrected chi connectivity index (χ3v) is 2.77. The smallest absolute Gasteiger partial charge is 0.160 e. The largest absolute Gasteiger partial charge is 0.295 e. The molecule has 0 saturated carbocycles. The molecule has 13 heavy (non-hydrogen) atoms. The normalized spacial score (nSPS) is 20.0. The zero-order chi connectivity index (χ0) is 9.42. The summed E-state index contributed by atoms with van der Waals surface area (Å²) in [7, 11) is 0. The van der Waals surface area contributed by atoms with Gasteiger partial charge in [0.15, 0.2) is 5.78 Å². The minimum absolute atomic E-state index is 0.200. The van der Waals surface area contributed by atoms with E-state index in [1.807, 2.05) is 12.1 Å². The molecule has 0 heterocycles. The van der Waals surface area contributed by atoms with Crippen molar-refractivity contribution in [3.05, 3.63) is 34.9 Å². The van der Waals surface area contributed by atoms with Gasteiger partial charge in [0.2, 0.25) is 0 Å². The lowest BCUT2D eigenvalue weighted by atomic mass is 10.0. The molecule has 0 saturated heterocycles. The summed E-state index contributed by atoms with van der Waals surface area (Å²) in [5.74, 6) is 0.904. The van der Waals surface area contributed by atoms with Gasteiger partial charge < -0.3 is 0 Å². The van der Waals surface area contributed by atoms with Crippen molar-refractivity contribution in [2.75, 3.05) is 0 Å². The molecule has 1 nitrogen and oxygen atoms in total. The van der Waals surface area contributed by atoms with E-state index in [4.69, 9.17) is 0 Å². The van der Waals surface area contributed by atoms with Crippen LogP contribution in [0.5, 0.6) is 0 Å². The van der Waals surface area contributed by atoms with Crippen molar-refractivity contribution in [3.63, 3.8) is 0 Å². The highest BCUT2D eigenvalue weighted by molar-refractivity contribution is 5.96. The van der Waals surface area contributed by atoms with E-state index in [1.54, 1.807) is 6.92 Å². The second-order valence-corrected chi connectivity index (χ2v) is 4.01. The number of Topliss-reactive ketones (excluding diaryl/α,β-unsaturated/α-hetero) is 1. The van der Waals surface area contributed by atoms with Crippen molar-refractivity contribution < 1.29 is 4.79 Å². The number of hydrogen-bond acceptors (Lipinski definition) is 1. The molecular weight excluding hydrogens is 160 g/mol. The van der Waals surface area contributed by atoms with E-state index in [0.717, 1.165) is 18.4 Å². The summed E-state index contributed by atoms with van der Waals surface area (Å²) in [5.41, 5.74) is 3.60. The molecule has 0 spiro atoms. The van der Waals surface area contributed by atoms with Crippen LogP contribution in [0.4, 0.5) is 0 Å². The van der Waals surface area contributed by atoms with Crippen LogP contribution >= 0.6 is 0 Å². The first-order chi connectivity index (χ1) is 6.18. The molecular formula is C12H14O. The topological polar surface area (TPSA) is 17.1 Å². The van der Waals surface area contributed by atoms with E-state index < -0.39 is 0 Å². The van der Waals surface area contributed by atoms with Crippen molar-refractivity contribution in [2.24, 2.45) is 5.92 Å². The molecule has 0 fully saturated rings. The fourth-order valence-corrected chi connectivity index (χ4v) is 2.19. The fourth-order valence-electron chi connectivity index (χ4n) is 2.19. The Morgan fingerprint density at radius 3 is 2.85 bits per heavy atom. The standard InChI is InChI=1S/C12H14O/c1-8-6-10-4-3-5-11(9(2)13)12(10)7-8/h3-5,8H,6-7H2,1-2H3/t8-/m1/s1. The number of carbonyl (C=O) groups excluding carboxylic acids is 1. The highest BCUT2D eigenvalue weighted by Crippen LogP contribution is 2.29. The number of ketones is 1. The zero-order valence-electron chi connectivity index (χ0n) is 8.13. The fraction of sp³-hybridized carbons (Fsp3) is 0.417. The van der Waals surface area contributed by atoms with Gasteiger partial charge in [-0.15, -0.1) is 0 Å². The highest BCUT2D eigenvalue weighted by atomic mass is 16.1. The SMILES string of the molecule is CC(=O)c1cccc2c1C[C@H](C)C2. The molecule has 0 unspecified atom stereocenters. The maximum absolute atomic E-state index is 11.3. The molecule has 0 aliphatic heterocycles. The van der Waals surface area contributed by atoms with E-state index in [2.05, 4.69) is 13.0 Å². The highest BCUT2D eigenvalue weighted by Gasteiger charge is 2.21. The number of carbonyl (C=O) groups is 1. The van der Waals surface area contributed by atoms with Crippen LogP contribution in [-0.4, -0.2) is 5.78 Å². The van der Waals surface area contributed by atoms with E-state index in [9.17, 15) is 4.79 Å². The summed E-state index contributed by atoms with van der Waals surface area (Å²) in [4.78, 5) is 11.3. The number of benzene rings is 1. The van der Waals surface area contributed by atoms with Crippen LogP contribution in [0.25, 0.3) is 0 Å². The molecule has 0 amide bonds. The lowest BCUT2D eigenvalue weighted by molar-refractivity contribution is 0.101. The number of rotatable bonds is 1. The third kappa shape index (κ3) is 1.39. The van der Waals surface area contributed by atoms with E-state index in [-0.39, 0.29) is 5.78 Å². The maximum Gasteiger partial charge on any atom is 0.160 e. The monoisotopic (exact) mass is 174 g/mol. The van der Waals surface area contributed by atoms with Crippen LogP contribution in [0.1, 0.15) is 35.3 Å². The summed E-state index contributed by atoms with van der Waals surface area (Å²) in [5, 5.41) is 0. The Morgan fingerprint density at radius 1 is 1.38 bits per heavy atom. The summed E-state index contributed by atoms with van der Waals surface area (Å²) in [6, 6.07) is 6.08. The van der Waals surface area contributed by atoms with E-state index >= 15 is 0 Å². The summed E-state index contributed by atoms with van der Waals surface area (Å²) < 4.78 is 0. The van der Waals surface area contributed by atoms with Crippen LogP contribution in [0.2, 0.25) is 0 Å². The van der Waals surface area contributed by atoms with Crippen LogP contribution in [0, 0.1) is 5.92 Å².